The maximum absolute atomic E-state index is 12.8. The average molecular weight is 381 g/mol. The molecule has 0 saturated carbocycles. The number of hydrogen-bond donors (Lipinski definition) is 1. The van der Waals surface area contributed by atoms with E-state index in [9.17, 15) is 10.1 Å². The zero-order chi connectivity index (χ0) is 19.3. The van der Waals surface area contributed by atoms with Gasteiger partial charge in [0.25, 0.3) is 0 Å². The predicted molar refractivity (Wildman–Crippen MR) is 102 cm³/mol. The van der Waals surface area contributed by atoms with Gasteiger partial charge in [0.1, 0.15) is 11.6 Å². The monoisotopic (exact) mass is 381 g/mol. The fourth-order valence-electron chi connectivity index (χ4n) is 3.79. The number of nitriles is 1. The molecular weight excluding hydrogens is 358 g/mol. The number of likely N-dealkylation sites (tertiary alicyclic amines) is 1. The second-order valence-electron chi connectivity index (χ2n) is 6.96. The summed E-state index contributed by atoms with van der Waals surface area (Å²) in [5, 5.41) is 16.5. The molecule has 8 nitrogen and oxygen atoms in total. The molecule has 0 aliphatic carbocycles. The SMILES string of the molecule is N#Cc1cnn(-c2ccccc2)c1NC(=O)CN1CCCCC1C1OCCO1. The van der Waals surface area contributed by atoms with Crippen LogP contribution >= 0.6 is 0 Å². The van der Waals surface area contributed by atoms with Gasteiger partial charge in [-0.05, 0) is 31.5 Å². The second kappa shape index (κ2) is 8.52. The van der Waals surface area contributed by atoms with Gasteiger partial charge in [0.05, 0.1) is 37.7 Å². The van der Waals surface area contributed by atoms with E-state index >= 15 is 0 Å². The van der Waals surface area contributed by atoms with Gasteiger partial charge in [-0.15, -0.1) is 0 Å². The molecule has 8 heteroatoms. The topological polar surface area (TPSA) is 92.4 Å². The van der Waals surface area contributed by atoms with Gasteiger partial charge >= 0.3 is 0 Å². The van der Waals surface area contributed by atoms with E-state index in [-0.39, 0.29) is 24.8 Å². The number of carbonyl (C=O) groups excluding carboxylic acids is 1. The highest BCUT2D eigenvalue weighted by Crippen LogP contribution is 2.25. The van der Waals surface area contributed by atoms with Crippen LogP contribution in [0.3, 0.4) is 0 Å². The predicted octanol–water partition coefficient (Wildman–Crippen LogP) is 1.91. The summed E-state index contributed by atoms with van der Waals surface area (Å²) in [5.74, 6) is 0.208. The molecule has 1 N–H and O–H groups in total. The van der Waals surface area contributed by atoms with Crippen LogP contribution in [0.1, 0.15) is 24.8 Å². The fourth-order valence-corrected chi connectivity index (χ4v) is 3.79. The summed E-state index contributed by atoms with van der Waals surface area (Å²) in [6.45, 7) is 2.25. The van der Waals surface area contributed by atoms with Crippen LogP contribution in [0.15, 0.2) is 36.5 Å². The Morgan fingerprint density at radius 1 is 1.25 bits per heavy atom. The van der Waals surface area contributed by atoms with Crippen molar-refractivity contribution in [3.8, 4) is 11.8 Å². The second-order valence-corrected chi connectivity index (χ2v) is 6.96. The number of rotatable bonds is 5. The Hall–Kier alpha value is -2.73. The van der Waals surface area contributed by atoms with Crippen LogP contribution in [0.4, 0.5) is 5.82 Å². The van der Waals surface area contributed by atoms with Crippen molar-refractivity contribution in [3.63, 3.8) is 0 Å². The third-order valence-corrected chi connectivity index (χ3v) is 5.12. The Kier molecular flexibility index (Phi) is 5.67. The molecule has 1 aromatic heterocycles. The Labute approximate surface area is 163 Å². The van der Waals surface area contributed by atoms with Gasteiger partial charge < -0.3 is 14.8 Å². The number of amides is 1. The fraction of sp³-hybridized carbons (Fsp3) is 0.450. The molecule has 0 spiro atoms. The van der Waals surface area contributed by atoms with E-state index in [2.05, 4.69) is 21.4 Å². The number of anilines is 1. The molecule has 1 unspecified atom stereocenters. The highest BCUT2D eigenvalue weighted by atomic mass is 16.7. The molecular formula is C20H23N5O3. The summed E-state index contributed by atoms with van der Waals surface area (Å²) in [7, 11) is 0. The number of para-hydroxylation sites is 1. The van der Waals surface area contributed by atoms with Crippen LogP contribution in [-0.2, 0) is 14.3 Å². The largest absolute Gasteiger partial charge is 0.349 e. The first-order chi connectivity index (χ1) is 13.8. The maximum Gasteiger partial charge on any atom is 0.239 e. The Balaban J connectivity index is 1.49. The lowest BCUT2D eigenvalue weighted by Crippen LogP contribution is -2.50. The van der Waals surface area contributed by atoms with E-state index in [0.29, 0.717) is 24.6 Å². The molecule has 28 heavy (non-hydrogen) atoms. The van der Waals surface area contributed by atoms with Gasteiger partial charge in [0.15, 0.2) is 12.1 Å². The number of benzene rings is 1. The first kappa shape index (κ1) is 18.6. The molecule has 2 fully saturated rings. The van der Waals surface area contributed by atoms with E-state index < -0.39 is 0 Å². The van der Waals surface area contributed by atoms with Crippen molar-refractivity contribution in [2.45, 2.75) is 31.6 Å². The van der Waals surface area contributed by atoms with Crippen molar-refractivity contribution in [2.75, 3.05) is 31.6 Å². The summed E-state index contributed by atoms with van der Waals surface area (Å²) in [6, 6.07) is 11.6. The number of nitrogens with zero attached hydrogens (tertiary/aromatic N) is 4. The van der Waals surface area contributed by atoms with E-state index in [1.807, 2.05) is 30.3 Å². The van der Waals surface area contributed by atoms with E-state index in [1.54, 1.807) is 4.68 Å². The summed E-state index contributed by atoms with van der Waals surface area (Å²) in [6.07, 6.45) is 4.29. The molecule has 2 aliphatic rings. The van der Waals surface area contributed by atoms with Crippen molar-refractivity contribution in [1.82, 2.24) is 14.7 Å². The normalized spacial score (nSPS) is 20.8. The van der Waals surface area contributed by atoms with Crippen LogP contribution in [0.5, 0.6) is 0 Å². The van der Waals surface area contributed by atoms with Crippen molar-refractivity contribution in [3.05, 3.63) is 42.1 Å². The average Bonchev–Trinajstić information content (AvgIpc) is 3.39. The lowest BCUT2D eigenvalue weighted by molar-refractivity contribution is -0.127. The molecule has 3 heterocycles. The van der Waals surface area contributed by atoms with E-state index in [1.165, 1.54) is 6.20 Å². The molecule has 2 saturated heterocycles. The highest BCUT2D eigenvalue weighted by Gasteiger charge is 2.34. The van der Waals surface area contributed by atoms with E-state index in [0.717, 1.165) is 31.5 Å². The van der Waals surface area contributed by atoms with Gasteiger partial charge in [-0.25, -0.2) is 4.68 Å². The molecule has 1 amide bonds. The Morgan fingerprint density at radius 3 is 2.79 bits per heavy atom. The third kappa shape index (κ3) is 3.92. The van der Waals surface area contributed by atoms with Crippen molar-refractivity contribution >= 4 is 11.7 Å². The van der Waals surface area contributed by atoms with Gasteiger partial charge in [0.2, 0.25) is 5.91 Å². The first-order valence-electron chi connectivity index (χ1n) is 9.57. The van der Waals surface area contributed by atoms with Gasteiger partial charge in [-0.1, -0.05) is 24.6 Å². The zero-order valence-electron chi connectivity index (χ0n) is 15.6. The minimum atomic E-state index is -0.266. The number of piperidine rings is 1. The maximum atomic E-state index is 12.8. The lowest BCUT2D eigenvalue weighted by Gasteiger charge is -2.37. The van der Waals surface area contributed by atoms with Gasteiger partial charge in [-0.2, -0.15) is 10.4 Å². The van der Waals surface area contributed by atoms with Crippen molar-refractivity contribution in [1.29, 1.82) is 5.26 Å². The van der Waals surface area contributed by atoms with E-state index in [4.69, 9.17) is 9.47 Å². The number of aromatic nitrogens is 2. The highest BCUT2D eigenvalue weighted by molar-refractivity contribution is 5.93. The molecule has 4 rings (SSSR count). The molecule has 0 bridgehead atoms. The Bertz CT molecular complexity index is 854. The van der Waals surface area contributed by atoms with Crippen LogP contribution < -0.4 is 5.32 Å². The summed E-state index contributed by atoms with van der Waals surface area (Å²) >= 11 is 0. The van der Waals surface area contributed by atoms with Crippen molar-refractivity contribution < 1.29 is 14.3 Å². The number of hydrogen-bond acceptors (Lipinski definition) is 6. The number of nitrogens with one attached hydrogen (secondary N) is 1. The van der Waals surface area contributed by atoms with Crippen LogP contribution in [-0.4, -0.2) is 59.2 Å². The molecule has 2 aliphatic heterocycles. The summed E-state index contributed by atoms with van der Waals surface area (Å²) in [5.41, 5.74) is 1.11. The first-order valence-corrected chi connectivity index (χ1v) is 9.57. The number of carbonyl (C=O) groups is 1. The van der Waals surface area contributed by atoms with Crippen LogP contribution in [0, 0.1) is 11.3 Å². The minimum absolute atomic E-state index is 0.0801. The zero-order valence-corrected chi connectivity index (χ0v) is 15.6. The molecule has 2 aromatic rings. The smallest absolute Gasteiger partial charge is 0.239 e. The van der Waals surface area contributed by atoms with Crippen molar-refractivity contribution in [2.24, 2.45) is 0 Å². The third-order valence-electron chi connectivity index (χ3n) is 5.12. The lowest BCUT2D eigenvalue weighted by atomic mass is 10.0. The number of ether oxygens (including phenoxy) is 2. The summed E-state index contributed by atoms with van der Waals surface area (Å²) in [4.78, 5) is 14.9. The molecule has 0 radical (unpaired) electrons. The summed E-state index contributed by atoms with van der Waals surface area (Å²) < 4.78 is 12.9. The minimum Gasteiger partial charge on any atom is -0.349 e. The van der Waals surface area contributed by atoms with Crippen LogP contribution in [0.25, 0.3) is 5.69 Å². The molecule has 1 atom stereocenters. The molecule has 146 valence electrons. The van der Waals surface area contributed by atoms with Gasteiger partial charge in [0, 0.05) is 0 Å². The molecule has 1 aromatic carbocycles. The van der Waals surface area contributed by atoms with Crippen LogP contribution in [0.2, 0.25) is 0 Å². The standard InChI is InChI=1S/C20H23N5O3/c21-12-15-13-22-25(16-6-2-1-3-7-16)19(15)23-18(26)14-24-9-5-4-8-17(24)20-27-10-11-28-20/h1-3,6-7,13,17,20H,4-5,8-11,14H2,(H,23,26). The Morgan fingerprint density at radius 2 is 2.04 bits per heavy atom. The van der Waals surface area contributed by atoms with Gasteiger partial charge in [-0.3, -0.25) is 9.69 Å². The quantitative estimate of drug-likeness (QED) is 0.851.